The molecule has 14 heavy (non-hydrogen) atoms. The normalized spacial score (nSPS) is 13.5. The zero-order chi connectivity index (χ0) is 11.2. The van der Waals surface area contributed by atoms with E-state index in [4.69, 9.17) is 0 Å². The summed E-state index contributed by atoms with van der Waals surface area (Å²) in [4.78, 5) is 11.2. The van der Waals surface area contributed by atoms with Crippen molar-refractivity contribution < 1.29 is 9.90 Å². The molecule has 4 nitrogen and oxygen atoms in total. The van der Waals surface area contributed by atoms with Gasteiger partial charge in [0.15, 0.2) is 0 Å². The maximum absolute atomic E-state index is 11.2. The highest BCUT2D eigenvalue weighted by molar-refractivity contribution is 5.74. The Morgan fingerprint density at radius 2 is 2.00 bits per heavy atom. The number of aliphatic hydroxyl groups is 1. The van der Waals surface area contributed by atoms with Crippen molar-refractivity contribution >= 4 is 6.03 Å². The van der Waals surface area contributed by atoms with Crippen molar-refractivity contribution in [3.63, 3.8) is 0 Å². The van der Waals surface area contributed by atoms with Gasteiger partial charge < -0.3 is 15.7 Å². The van der Waals surface area contributed by atoms with E-state index >= 15 is 0 Å². The van der Waals surface area contributed by atoms with Crippen LogP contribution in [0.25, 0.3) is 0 Å². The van der Waals surface area contributed by atoms with E-state index in [-0.39, 0.29) is 17.7 Å². The SMILES string of the molecule is CCC(O)CCNC(=O)NC(C)(C)C. The lowest BCUT2D eigenvalue weighted by molar-refractivity contribution is 0.159. The largest absolute Gasteiger partial charge is 0.393 e. The highest BCUT2D eigenvalue weighted by atomic mass is 16.3. The lowest BCUT2D eigenvalue weighted by Crippen LogP contribution is -2.46. The molecular weight excluding hydrogens is 180 g/mol. The van der Waals surface area contributed by atoms with Crippen LogP contribution in [0, 0.1) is 0 Å². The van der Waals surface area contributed by atoms with E-state index < -0.39 is 0 Å². The lowest BCUT2D eigenvalue weighted by Gasteiger charge is -2.21. The first-order valence-electron chi connectivity index (χ1n) is 5.09. The summed E-state index contributed by atoms with van der Waals surface area (Å²) in [7, 11) is 0. The topological polar surface area (TPSA) is 61.4 Å². The third kappa shape index (κ3) is 7.86. The number of carbonyl (C=O) groups is 1. The van der Waals surface area contributed by atoms with E-state index in [1.54, 1.807) is 0 Å². The maximum Gasteiger partial charge on any atom is 0.315 e. The molecule has 0 aromatic heterocycles. The van der Waals surface area contributed by atoms with Crippen molar-refractivity contribution in [3.05, 3.63) is 0 Å². The van der Waals surface area contributed by atoms with Crippen LogP contribution in [0.15, 0.2) is 0 Å². The van der Waals surface area contributed by atoms with Crippen LogP contribution in [0.2, 0.25) is 0 Å². The molecule has 0 aromatic carbocycles. The number of hydrogen-bond donors (Lipinski definition) is 3. The van der Waals surface area contributed by atoms with Crippen LogP contribution in [0.1, 0.15) is 40.5 Å². The Bertz CT molecular complexity index is 175. The van der Waals surface area contributed by atoms with Gasteiger partial charge in [-0.25, -0.2) is 4.79 Å². The molecule has 0 aromatic rings. The maximum atomic E-state index is 11.2. The van der Waals surface area contributed by atoms with Crippen molar-refractivity contribution in [1.82, 2.24) is 10.6 Å². The van der Waals surface area contributed by atoms with E-state index in [0.29, 0.717) is 13.0 Å². The lowest BCUT2D eigenvalue weighted by atomic mass is 10.1. The fourth-order valence-electron chi connectivity index (χ4n) is 0.941. The first-order valence-corrected chi connectivity index (χ1v) is 5.09. The molecule has 2 amide bonds. The highest BCUT2D eigenvalue weighted by Crippen LogP contribution is 1.98. The Morgan fingerprint density at radius 3 is 2.43 bits per heavy atom. The second-order valence-corrected chi connectivity index (χ2v) is 4.48. The number of hydrogen-bond acceptors (Lipinski definition) is 2. The summed E-state index contributed by atoms with van der Waals surface area (Å²) in [5.41, 5.74) is -0.215. The van der Waals surface area contributed by atoms with Gasteiger partial charge in [0.25, 0.3) is 0 Å². The molecule has 0 saturated carbocycles. The van der Waals surface area contributed by atoms with Gasteiger partial charge in [-0.05, 0) is 33.6 Å². The summed E-state index contributed by atoms with van der Waals surface area (Å²) in [6.45, 7) is 8.20. The third-order valence-corrected chi connectivity index (χ3v) is 1.72. The monoisotopic (exact) mass is 202 g/mol. The molecule has 0 aliphatic rings. The van der Waals surface area contributed by atoms with Gasteiger partial charge in [0.2, 0.25) is 0 Å². The number of nitrogens with one attached hydrogen (secondary N) is 2. The minimum Gasteiger partial charge on any atom is -0.393 e. The molecule has 84 valence electrons. The Kier molecular flexibility index (Phi) is 5.53. The Hall–Kier alpha value is -0.770. The summed E-state index contributed by atoms with van der Waals surface area (Å²) in [6.07, 6.45) is 1.02. The van der Waals surface area contributed by atoms with Gasteiger partial charge in [-0.15, -0.1) is 0 Å². The Labute approximate surface area is 86.1 Å². The Balaban J connectivity index is 3.55. The summed E-state index contributed by atoms with van der Waals surface area (Å²) in [5.74, 6) is 0. The van der Waals surface area contributed by atoms with Crippen LogP contribution in [-0.4, -0.2) is 29.3 Å². The van der Waals surface area contributed by atoms with E-state index in [1.165, 1.54) is 0 Å². The van der Waals surface area contributed by atoms with Crippen LogP contribution >= 0.6 is 0 Å². The number of carbonyl (C=O) groups excluding carboxylic acids is 1. The smallest absolute Gasteiger partial charge is 0.315 e. The predicted octanol–water partition coefficient (Wildman–Crippen LogP) is 1.25. The zero-order valence-electron chi connectivity index (χ0n) is 9.55. The van der Waals surface area contributed by atoms with Gasteiger partial charge in [0.05, 0.1) is 6.10 Å². The fraction of sp³-hybridized carbons (Fsp3) is 0.900. The van der Waals surface area contributed by atoms with Gasteiger partial charge in [-0.3, -0.25) is 0 Å². The summed E-state index contributed by atoms with van der Waals surface area (Å²) < 4.78 is 0. The molecule has 0 heterocycles. The predicted molar refractivity (Wildman–Crippen MR) is 57.2 cm³/mol. The minimum atomic E-state index is -0.315. The first kappa shape index (κ1) is 13.2. The summed E-state index contributed by atoms with van der Waals surface area (Å²) in [6, 6.07) is -0.180. The molecule has 0 rings (SSSR count). The van der Waals surface area contributed by atoms with E-state index in [2.05, 4.69) is 10.6 Å². The molecular formula is C10H22N2O2. The molecule has 3 N–H and O–H groups in total. The fourth-order valence-corrected chi connectivity index (χ4v) is 0.941. The van der Waals surface area contributed by atoms with Gasteiger partial charge in [-0.1, -0.05) is 6.92 Å². The quantitative estimate of drug-likeness (QED) is 0.642. The van der Waals surface area contributed by atoms with Crippen LogP contribution in [0.3, 0.4) is 0 Å². The van der Waals surface area contributed by atoms with Crippen LogP contribution in [-0.2, 0) is 0 Å². The van der Waals surface area contributed by atoms with E-state index in [1.807, 2.05) is 27.7 Å². The molecule has 1 unspecified atom stereocenters. The minimum absolute atomic E-state index is 0.180. The van der Waals surface area contributed by atoms with Crippen molar-refractivity contribution in [2.75, 3.05) is 6.54 Å². The van der Waals surface area contributed by atoms with Crippen molar-refractivity contribution in [3.8, 4) is 0 Å². The number of amides is 2. The number of aliphatic hydroxyl groups excluding tert-OH is 1. The average Bonchev–Trinajstić information content (AvgIpc) is 2.00. The van der Waals surface area contributed by atoms with Crippen LogP contribution < -0.4 is 10.6 Å². The summed E-state index contributed by atoms with van der Waals surface area (Å²) >= 11 is 0. The van der Waals surface area contributed by atoms with Crippen LogP contribution in [0.4, 0.5) is 4.79 Å². The molecule has 0 aliphatic carbocycles. The van der Waals surface area contributed by atoms with E-state index in [0.717, 1.165) is 6.42 Å². The second kappa shape index (κ2) is 5.86. The molecule has 0 saturated heterocycles. The van der Waals surface area contributed by atoms with Gasteiger partial charge in [0, 0.05) is 12.1 Å². The number of rotatable bonds is 4. The molecule has 0 fully saturated rings. The van der Waals surface area contributed by atoms with Gasteiger partial charge in [-0.2, -0.15) is 0 Å². The van der Waals surface area contributed by atoms with E-state index in [9.17, 15) is 9.90 Å². The molecule has 0 radical (unpaired) electrons. The first-order chi connectivity index (χ1) is 6.35. The standard InChI is InChI=1S/C10H22N2O2/c1-5-8(13)6-7-11-9(14)12-10(2,3)4/h8,13H,5-7H2,1-4H3,(H2,11,12,14). The van der Waals surface area contributed by atoms with Crippen LogP contribution in [0.5, 0.6) is 0 Å². The summed E-state index contributed by atoms with van der Waals surface area (Å²) in [5, 5.41) is 14.7. The average molecular weight is 202 g/mol. The van der Waals surface area contributed by atoms with Crippen molar-refractivity contribution in [2.45, 2.75) is 52.2 Å². The zero-order valence-corrected chi connectivity index (χ0v) is 9.55. The number of urea groups is 1. The van der Waals surface area contributed by atoms with Crippen molar-refractivity contribution in [1.29, 1.82) is 0 Å². The molecule has 0 bridgehead atoms. The Morgan fingerprint density at radius 1 is 1.43 bits per heavy atom. The van der Waals surface area contributed by atoms with Crippen molar-refractivity contribution in [2.24, 2.45) is 0 Å². The van der Waals surface area contributed by atoms with Gasteiger partial charge >= 0.3 is 6.03 Å². The highest BCUT2D eigenvalue weighted by Gasteiger charge is 2.12. The molecule has 0 aliphatic heterocycles. The molecule has 1 atom stereocenters. The third-order valence-electron chi connectivity index (χ3n) is 1.72. The van der Waals surface area contributed by atoms with Gasteiger partial charge in [0.1, 0.15) is 0 Å². The second-order valence-electron chi connectivity index (χ2n) is 4.48. The molecule has 0 spiro atoms. The molecule has 4 heteroatoms.